The summed E-state index contributed by atoms with van der Waals surface area (Å²) >= 11 is 5.83. The number of nitrogens with one attached hydrogen (secondary N) is 2. The van der Waals surface area contributed by atoms with Crippen molar-refractivity contribution in [1.29, 1.82) is 0 Å². The molecule has 1 aromatic carbocycles. The Hall–Kier alpha value is -3.06. The van der Waals surface area contributed by atoms with E-state index < -0.39 is 0 Å². The molecule has 0 unspecified atom stereocenters. The van der Waals surface area contributed by atoms with Crippen LogP contribution >= 0.6 is 11.6 Å². The van der Waals surface area contributed by atoms with Crippen molar-refractivity contribution in [2.24, 2.45) is 0 Å². The van der Waals surface area contributed by atoms with E-state index >= 15 is 0 Å². The maximum absolute atomic E-state index is 12.1. The molecule has 0 bridgehead atoms. The number of urea groups is 1. The zero-order chi connectivity index (χ0) is 19.8. The number of benzene rings is 1. The van der Waals surface area contributed by atoms with Crippen LogP contribution in [0.25, 0.3) is 5.69 Å². The van der Waals surface area contributed by atoms with Crippen LogP contribution in [0.5, 0.6) is 5.75 Å². The Morgan fingerprint density at radius 3 is 2.79 bits per heavy atom. The first-order valence-electron chi connectivity index (χ1n) is 9.02. The molecular formula is C20H22ClN5O2. The van der Waals surface area contributed by atoms with Crippen LogP contribution in [-0.2, 0) is 0 Å². The molecule has 146 valence electrons. The molecule has 3 rings (SSSR count). The molecule has 2 amide bonds. The van der Waals surface area contributed by atoms with E-state index in [1.54, 1.807) is 29.2 Å². The minimum absolute atomic E-state index is 0.279. The quantitative estimate of drug-likeness (QED) is 0.556. The van der Waals surface area contributed by atoms with Gasteiger partial charge in [0.25, 0.3) is 0 Å². The number of unbranched alkanes of at least 4 members (excludes halogenated alkanes) is 1. The third kappa shape index (κ3) is 5.72. The highest BCUT2D eigenvalue weighted by atomic mass is 35.5. The van der Waals surface area contributed by atoms with Crippen LogP contribution in [-0.4, -0.2) is 33.9 Å². The molecule has 0 saturated heterocycles. The second-order valence-corrected chi connectivity index (χ2v) is 6.64. The Morgan fingerprint density at radius 1 is 1.21 bits per heavy atom. The molecule has 0 radical (unpaired) electrons. The topological polar surface area (TPSA) is 81.1 Å². The number of carbonyl (C=O) groups is 1. The van der Waals surface area contributed by atoms with Crippen LogP contribution < -0.4 is 15.4 Å². The van der Waals surface area contributed by atoms with Gasteiger partial charge in [-0.05, 0) is 56.2 Å². The SMILES string of the molecule is Cc1cn(-c2cccnc2)nc1NC(=O)NCCCCOc1ccc(Cl)cc1. The molecule has 2 aromatic heterocycles. The molecule has 3 aromatic rings. The Balaban J connectivity index is 1.36. The average molecular weight is 400 g/mol. The lowest BCUT2D eigenvalue weighted by atomic mass is 10.3. The fourth-order valence-electron chi connectivity index (χ4n) is 2.51. The third-order valence-corrected chi connectivity index (χ3v) is 4.23. The molecule has 0 spiro atoms. The number of halogens is 1. The second-order valence-electron chi connectivity index (χ2n) is 6.21. The summed E-state index contributed by atoms with van der Waals surface area (Å²) in [6.45, 7) is 3.03. The number of aromatic nitrogens is 3. The molecule has 7 nitrogen and oxygen atoms in total. The summed E-state index contributed by atoms with van der Waals surface area (Å²) in [5, 5.41) is 10.7. The van der Waals surface area contributed by atoms with Crippen LogP contribution in [0.15, 0.2) is 55.0 Å². The number of amides is 2. The van der Waals surface area contributed by atoms with Crippen LogP contribution in [0, 0.1) is 6.92 Å². The third-order valence-electron chi connectivity index (χ3n) is 3.98. The minimum Gasteiger partial charge on any atom is -0.494 e. The monoisotopic (exact) mass is 399 g/mol. The number of anilines is 1. The first-order chi connectivity index (χ1) is 13.6. The van der Waals surface area contributed by atoms with Crippen molar-refractivity contribution in [1.82, 2.24) is 20.1 Å². The molecule has 8 heteroatoms. The predicted octanol–water partition coefficient (Wildman–Crippen LogP) is 4.21. The van der Waals surface area contributed by atoms with Gasteiger partial charge in [0.2, 0.25) is 0 Å². The Morgan fingerprint density at radius 2 is 2.04 bits per heavy atom. The standard InChI is InChI=1S/C20H22ClN5O2/c1-15-14-26(17-5-4-10-22-13-17)25-19(15)24-20(27)23-11-2-3-12-28-18-8-6-16(21)7-9-18/h4-10,13-14H,2-3,11-12H2,1H3,(H2,23,24,25,27). The average Bonchev–Trinajstić information content (AvgIpc) is 3.07. The molecule has 0 atom stereocenters. The fraction of sp³-hybridized carbons (Fsp3) is 0.250. The summed E-state index contributed by atoms with van der Waals surface area (Å²) in [6, 6.07) is 10.7. The molecule has 0 fully saturated rings. The van der Waals surface area contributed by atoms with Crippen LogP contribution in [0.3, 0.4) is 0 Å². The number of aryl methyl sites for hydroxylation is 1. The molecule has 28 heavy (non-hydrogen) atoms. The van der Waals surface area contributed by atoms with E-state index in [4.69, 9.17) is 16.3 Å². The van der Waals surface area contributed by atoms with Crippen molar-refractivity contribution in [3.05, 3.63) is 65.6 Å². The smallest absolute Gasteiger partial charge is 0.320 e. The number of hydrogen-bond acceptors (Lipinski definition) is 4. The molecule has 0 aliphatic carbocycles. The van der Waals surface area contributed by atoms with Gasteiger partial charge in [-0.25, -0.2) is 9.48 Å². The number of carbonyl (C=O) groups excluding carboxylic acids is 1. The number of nitrogens with zero attached hydrogens (tertiary/aromatic N) is 3. The Kier molecular flexibility index (Phi) is 6.86. The van der Waals surface area contributed by atoms with E-state index in [1.807, 2.05) is 37.4 Å². The number of pyridine rings is 1. The summed E-state index contributed by atoms with van der Waals surface area (Å²) in [4.78, 5) is 16.1. The first-order valence-corrected chi connectivity index (χ1v) is 9.39. The van der Waals surface area contributed by atoms with Gasteiger partial charge in [0.1, 0.15) is 5.75 Å². The second kappa shape index (κ2) is 9.75. The van der Waals surface area contributed by atoms with Crippen LogP contribution in [0.4, 0.5) is 10.6 Å². The van der Waals surface area contributed by atoms with Crippen molar-refractivity contribution in [2.45, 2.75) is 19.8 Å². The van der Waals surface area contributed by atoms with Gasteiger partial charge >= 0.3 is 6.03 Å². The number of hydrogen-bond donors (Lipinski definition) is 2. The number of rotatable bonds is 8. The zero-order valence-corrected chi connectivity index (χ0v) is 16.3. The van der Waals surface area contributed by atoms with Gasteiger partial charge in [-0.1, -0.05) is 11.6 Å². The van der Waals surface area contributed by atoms with Crippen LogP contribution in [0.2, 0.25) is 5.02 Å². The molecule has 0 aliphatic rings. The van der Waals surface area contributed by atoms with Crippen molar-refractivity contribution >= 4 is 23.4 Å². The van der Waals surface area contributed by atoms with Crippen LogP contribution in [0.1, 0.15) is 18.4 Å². The summed E-state index contributed by atoms with van der Waals surface area (Å²) in [5.41, 5.74) is 1.70. The largest absolute Gasteiger partial charge is 0.494 e. The van der Waals surface area contributed by atoms with Gasteiger partial charge in [0, 0.05) is 29.5 Å². The van der Waals surface area contributed by atoms with Gasteiger partial charge in [-0.2, -0.15) is 0 Å². The summed E-state index contributed by atoms with van der Waals surface area (Å²) < 4.78 is 7.31. The van der Waals surface area contributed by atoms with E-state index in [2.05, 4.69) is 20.7 Å². The molecule has 0 saturated carbocycles. The maximum Gasteiger partial charge on any atom is 0.320 e. The van der Waals surface area contributed by atoms with E-state index in [-0.39, 0.29) is 6.03 Å². The number of ether oxygens (including phenoxy) is 1. The van der Waals surface area contributed by atoms with Gasteiger partial charge < -0.3 is 10.1 Å². The lowest BCUT2D eigenvalue weighted by molar-refractivity contribution is 0.251. The van der Waals surface area contributed by atoms with E-state index in [0.29, 0.717) is 24.0 Å². The van der Waals surface area contributed by atoms with Gasteiger partial charge in [-0.3, -0.25) is 10.3 Å². The lowest BCUT2D eigenvalue weighted by Gasteiger charge is -2.08. The van der Waals surface area contributed by atoms with Crippen molar-refractivity contribution < 1.29 is 9.53 Å². The van der Waals surface area contributed by atoms with E-state index in [9.17, 15) is 4.79 Å². The zero-order valence-electron chi connectivity index (χ0n) is 15.6. The van der Waals surface area contributed by atoms with Gasteiger partial charge in [0.05, 0.1) is 18.5 Å². The fourth-order valence-corrected chi connectivity index (χ4v) is 2.63. The normalized spacial score (nSPS) is 10.5. The van der Waals surface area contributed by atoms with Crippen molar-refractivity contribution in [3.63, 3.8) is 0 Å². The van der Waals surface area contributed by atoms with E-state index in [0.717, 1.165) is 29.8 Å². The van der Waals surface area contributed by atoms with Gasteiger partial charge in [-0.15, -0.1) is 5.10 Å². The minimum atomic E-state index is -0.279. The summed E-state index contributed by atoms with van der Waals surface area (Å²) in [5.74, 6) is 1.31. The first kappa shape index (κ1) is 19.7. The van der Waals surface area contributed by atoms with Crippen molar-refractivity contribution in [3.8, 4) is 11.4 Å². The Labute approximate surface area is 168 Å². The summed E-state index contributed by atoms with van der Waals surface area (Å²) in [6.07, 6.45) is 6.90. The Bertz CT molecular complexity index is 897. The van der Waals surface area contributed by atoms with E-state index in [1.165, 1.54) is 0 Å². The molecule has 2 N–H and O–H groups in total. The highest BCUT2D eigenvalue weighted by molar-refractivity contribution is 6.30. The predicted molar refractivity (Wildman–Crippen MR) is 109 cm³/mol. The maximum atomic E-state index is 12.1. The summed E-state index contributed by atoms with van der Waals surface area (Å²) in [7, 11) is 0. The molecule has 2 heterocycles. The highest BCUT2D eigenvalue weighted by Crippen LogP contribution is 2.16. The molecule has 0 aliphatic heterocycles. The highest BCUT2D eigenvalue weighted by Gasteiger charge is 2.09. The molecular weight excluding hydrogens is 378 g/mol. The van der Waals surface area contributed by atoms with Crippen molar-refractivity contribution in [2.75, 3.05) is 18.5 Å². The van der Waals surface area contributed by atoms with Gasteiger partial charge in [0.15, 0.2) is 5.82 Å². The lowest BCUT2D eigenvalue weighted by Crippen LogP contribution is -2.30.